The molecule has 1 aromatic carbocycles. The predicted molar refractivity (Wildman–Crippen MR) is 99.0 cm³/mol. The first-order valence-corrected chi connectivity index (χ1v) is 9.20. The Bertz CT molecular complexity index is 736. The fourth-order valence-corrected chi connectivity index (χ4v) is 3.30. The lowest BCUT2D eigenvalue weighted by Crippen LogP contribution is -2.29. The molecule has 134 valence electrons. The highest BCUT2D eigenvalue weighted by Crippen LogP contribution is 2.17. The van der Waals surface area contributed by atoms with Crippen LogP contribution >= 0.6 is 0 Å². The SMILES string of the molecule is Cc1cc(=O)[nH]c(CCCOc2cccc(CN3CCCCC3)c2)n1. The largest absolute Gasteiger partial charge is 0.494 e. The highest BCUT2D eigenvalue weighted by Gasteiger charge is 2.10. The van der Waals surface area contributed by atoms with Crippen molar-refractivity contribution in [3.8, 4) is 5.75 Å². The van der Waals surface area contributed by atoms with Crippen LogP contribution in [0.15, 0.2) is 35.1 Å². The van der Waals surface area contributed by atoms with Gasteiger partial charge in [0, 0.05) is 24.7 Å². The van der Waals surface area contributed by atoms with Crippen LogP contribution in [-0.4, -0.2) is 34.6 Å². The first-order valence-electron chi connectivity index (χ1n) is 9.20. The van der Waals surface area contributed by atoms with Gasteiger partial charge in [-0.15, -0.1) is 0 Å². The van der Waals surface area contributed by atoms with Gasteiger partial charge in [0.05, 0.1) is 6.61 Å². The molecule has 0 saturated carbocycles. The number of likely N-dealkylation sites (tertiary alicyclic amines) is 1. The van der Waals surface area contributed by atoms with Gasteiger partial charge >= 0.3 is 0 Å². The number of hydrogen-bond donors (Lipinski definition) is 1. The van der Waals surface area contributed by atoms with Gasteiger partial charge in [0.1, 0.15) is 11.6 Å². The highest BCUT2D eigenvalue weighted by molar-refractivity contribution is 5.28. The summed E-state index contributed by atoms with van der Waals surface area (Å²) in [6, 6.07) is 9.89. The Morgan fingerprint density at radius 3 is 2.84 bits per heavy atom. The standard InChI is InChI=1S/C20H27N3O2/c1-16-13-20(24)22-19(21-16)9-6-12-25-18-8-5-7-17(14-18)15-23-10-3-2-4-11-23/h5,7-8,13-14H,2-4,6,9-12,15H2,1H3,(H,21,22,24). The molecule has 1 saturated heterocycles. The summed E-state index contributed by atoms with van der Waals surface area (Å²) in [6.07, 6.45) is 5.52. The van der Waals surface area contributed by atoms with Gasteiger partial charge in [-0.05, 0) is 57.0 Å². The molecule has 0 spiro atoms. The number of piperidine rings is 1. The Morgan fingerprint density at radius 2 is 2.04 bits per heavy atom. The van der Waals surface area contributed by atoms with E-state index in [4.69, 9.17) is 4.74 Å². The van der Waals surface area contributed by atoms with Crippen molar-refractivity contribution >= 4 is 0 Å². The third-order valence-electron chi connectivity index (χ3n) is 4.50. The molecule has 5 heteroatoms. The molecule has 0 atom stereocenters. The lowest BCUT2D eigenvalue weighted by molar-refractivity contribution is 0.220. The number of H-pyrrole nitrogens is 1. The second-order valence-corrected chi connectivity index (χ2v) is 6.77. The molecule has 5 nitrogen and oxygen atoms in total. The van der Waals surface area contributed by atoms with Crippen LogP contribution in [0.4, 0.5) is 0 Å². The average molecular weight is 341 g/mol. The number of rotatable bonds is 7. The fraction of sp³-hybridized carbons (Fsp3) is 0.500. The third kappa shape index (κ3) is 5.71. The molecule has 2 heterocycles. The molecule has 0 radical (unpaired) electrons. The van der Waals surface area contributed by atoms with Crippen molar-refractivity contribution < 1.29 is 4.74 Å². The van der Waals surface area contributed by atoms with E-state index in [1.165, 1.54) is 44.0 Å². The number of benzene rings is 1. The normalized spacial score (nSPS) is 15.2. The number of ether oxygens (including phenoxy) is 1. The van der Waals surface area contributed by atoms with Gasteiger partial charge in [0.2, 0.25) is 0 Å². The minimum Gasteiger partial charge on any atom is -0.494 e. The van der Waals surface area contributed by atoms with Crippen molar-refractivity contribution in [2.75, 3.05) is 19.7 Å². The molecule has 1 N–H and O–H groups in total. The Morgan fingerprint density at radius 1 is 1.20 bits per heavy atom. The van der Waals surface area contributed by atoms with Crippen LogP contribution in [0.25, 0.3) is 0 Å². The Balaban J connectivity index is 1.46. The van der Waals surface area contributed by atoms with Crippen molar-refractivity contribution in [1.82, 2.24) is 14.9 Å². The Labute approximate surface area is 149 Å². The minimum atomic E-state index is -0.0890. The summed E-state index contributed by atoms with van der Waals surface area (Å²) < 4.78 is 5.88. The topological polar surface area (TPSA) is 58.2 Å². The lowest BCUT2D eigenvalue weighted by atomic mass is 10.1. The molecule has 1 fully saturated rings. The van der Waals surface area contributed by atoms with E-state index in [0.29, 0.717) is 13.0 Å². The van der Waals surface area contributed by atoms with Crippen LogP contribution in [0.2, 0.25) is 0 Å². The minimum absolute atomic E-state index is 0.0890. The smallest absolute Gasteiger partial charge is 0.251 e. The molecule has 2 aromatic rings. The maximum Gasteiger partial charge on any atom is 0.251 e. The summed E-state index contributed by atoms with van der Waals surface area (Å²) in [7, 11) is 0. The molecule has 0 bridgehead atoms. The molecule has 0 aliphatic carbocycles. The Hall–Kier alpha value is -2.14. The lowest BCUT2D eigenvalue weighted by Gasteiger charge is -2.26. The molecule has 0 unspecified atom stereocenters. The zero-order valence-electron chi connectivity index (χ0n) is 15.0. The summed E-state index contributed by atoms with van der Waals surface area (Å²) in [6.45, 7) is 5.86. The number of aromatic amines is 1. The first kappa shape index (κ1) is 17.7. The van der Waals surface area contributed by atoms with Crippen LogP contribution < -0.4 is 10.3 Å². The summed E-state index contributed by atoms with van der Waals surface area (Å²) >= 11 is 0. The van der Waals surface area contributed by atoms with E-state index in [1.54, 1.807) is 0 Å². The summed E-state index contributed by atoms with van der Waals surface area (Å²) in [5.41, 5.74) is 1.97. The van der Waals surface area contributed by atoms with Gasteiger partial charge in [-0.3, -0.25) is 9.69 Å². The zero-order valence-corrected chi connectivity index (χ0v) is 15.0. The third-order valence-corrected chi connectivity index (χ3v) is 4.50. The van der Waals surface area contributed by atoms with Crippen molar-refractivity contribution in [2.24, 2.45) is 0 Å². The van der Waals surface area contributed by atoms with Crippen LogP contribution in [0.3, 0.4) is 0 Å². The van der Waals surface area contributed by atoms with Crippen LogP contribution in [-0.2, 0) is 13.0 Å². The van der Waals surface area contributed by atoms with E-state index in [9.17, 15) is 4.79 Å². The molecule has 3 rings (SSSR count). The van der Waals surface area contributed by atoms with E-state index in [1.807, 2.05) is 13.0 Å². The van der Waals surface area contributed by atoms with E-state index in [0.717, 1.165) is 30.2 Å². The summed E-state index contributed by atoms with van der Waals surface area (Å²) in [5.74, 6) is 1.65. The summed E-state index contributed by atoms with van der Waals surface area (Å²) in [5, 5.41) is 0. The molecular formula is C20H27N3O2. The number of nitrogens with one attached hydrogen (secondary N) is 1. The number of aromatic nitrogens is 2. The van der Waals surface area contributed by atoms with Crippen molar-refractivity contribution in [2.45, 2.75) is 45.6 Å². The van der Waals surface area contributed by atoms with Crippen molar-refractivity contribution in [3.63, 3.8) is 0 Å². The van der Waals surface area contributed by atoms with E-state index >= 15 is 0 Å². The van der Waals surface area contributed by atoms with Crippen molar-refractivity contribution in [1.29, 1.82) is 0 Å². The second kappa shape index (κ2) is 8.81. The monoisotopic (exact) mass is 341 g/mol. The zero-order chi connectivity index (χ0) is 17.5. The summed E-state index contributed by atoms with van der Waals surface area (Å²) in [4.78, 5) is 21.1. The Kier molecular flexibility index (Phi) is 6.23. The van der Waals surface area contributed by atoms with Crippen molar-refractivity contribution in [3.05, 3.63) is 57.8 Å². The predicted octanol–water partition coefficient (Wildman–Crippen LogP) is 3.08. The molecule has 1 aliphatic rings. The van der Waals surface area contributed by atoms with E-state index in [2.05, 4.69) is 33.1 Å². The van der Waals surface area contributed by atoms with Gasteiger partial charge in [0.25, 0.3) is 5.56 Å². The van der Waals surface area contributed by atoms with E-state index < -0.39 is 0 Å². The number of nitrogens with zero attached hydrogens (tertiary/aromatic N) is 2. The van der Waals surface area contributed by atoms with Gasteiger partial charge in [-0.2, -0.15) is 0 Å². The maximum absolute atomic E-state index is 11.4. The number of hydrogen-bond acceptors (Lipinski definition) is 4. The molecule has 1 aromatic heterocycles. The van der Waals surface area contributed by atoms with Crippen LogP contribution in [0.1, 0.15) is 42.8 Å². The van der Waals surface area contributed by atoms with Crippen LogP contribution in [0.5, 0.6) is 5.75 Å². The van der Waals surface area contributed by atoms with Gasteiger partial charge in [0.15, 0.2) is 0 Å². The molecule has 1 aliphatic heterocycles. The van der Waals surface area contributed by atoms with Crippen LogP contribution in [0, 0.1) is 6.92 Å². The quantitative estimate of drug-likeness (QED) is 0.786. The molecular weight excluding hydrogens is 314 g/mol. The number of aryl methyl sites for hydroxylation is 2. The first-order chi connectivity index (χ1) is 12.2. The van der Waals surface area contributed by atoms with E-state index in [-0.39, 0.29) is 5.56 Å². The van der Waals surface area contributed by atoms with Gasteiger partial charge in [-0.25, -0.2) is 4.98 Å². The fourth-order valence-electron chi connectivity index (χ4n) is 3.30. The average Bonchev–Trinajstić information content (AvgIpc) is 2.59. The van der Waals surface area contributed by atoms with Gasteiger partial charge in [-0.1, -0.05) is 18.6 Å². The highest BCUT2D eigenvalue weighted by atomic mass is 16.5. The second-order valence-electron chi connectivity index (χ2n) is 6.77. The van der Waals surface area contributed by atoms with Gasteiger partial charge < -0.3 is 9.72 Å². The molecule has 0 amide bonds. The maximum atomic E-state index is 11.4. The molecule has 25 heavy (non-hydrogen) atoms.